The highest BCUT2D eigenvalue weighted by molar-refractivity contribution is 5.91. The third-order valence-corrected chi connectivity index (χ3v) is 8.38. The van der Waals surface area contributed by atoms with E-state index in [1.807, 2.05) is 60.7 Å². The molecule has 2 aromatic carbocycles. The summed E-state index contributed by atoms with van der Waals surface area (Å²) < 4.78 is 28.3. The Bertz CT molecular complexity index is 1650. The average Bonchev–Trinajstić information content (AvgIpc) is 3.43. The molecular formula is C31H33N5O6. The topological polar surface area (TPSA) is 130 Å². The van der Waals surface area contributed by atoms with E-state index < -0.39 is 35.2 Å². The first-order chi connectivity index (χ1) is 20.4. The van der Waals surface area contributed by atoms with E-state index in [0.29, 0.717) is 13.2 Å². The van der Waals surface area contributed by atoms with E-state index in [4.69, 9.17) is 18.9 Å². The molecule has 0 radical (unpaired) electrons. The molecule has 42 heavy (non-hydrogen) atoms. The quantitative estimate of drug-likeness (QED) is 0.295. The van der Waals surface area contributed by atoms with Crippen LogP contribution in [0.25, 0.3) is 11.2 Å². The number of ether oxygens (including phenoxy) is 4. The van der Waals surface area contributed by atoms with E-state index in [0.717, 1.165) is 24.0 Å². The van der Waals surface area contributed by atoms with Crippen LogP contribution in [0.15, 0.2) is 71.8 Å². The smallest absolute Gasteiger partial charge is 0.280 e. The lowest BCUT2D eigenvalue weighted by Gasteiger charge is -2.38. The SMILES string of the molecule is CC(C)C(=O)Nc1nc2c(ncn2C2OC3(COCc4ccccc4)[C@H](OCc4ccccc4)C2OC32CC2)c(=O)[nH]1. The Morgan fingerprint density at radius 3 is 2.43 bits per heavy atom. The van der Waals surface area contributed by atoms with Crippen LogP contribution in [-0.2, 0) is 37.0 Å². The molecule has 4 atom stereocenters. The molecule has 3 fully saturated rings. The monoisotopic (exact) mass is 571 g/mol. The van der Waals surface area contributed by atoms with Gasteiger partial charge in [0.05, 0.1) is 26.1 Å². The van der Waals surface area contributed by atoms with Crippen LogP contribution in [0.4, 0.5) is 5.95 Å². The second-order valence-corrected chi connectivity index (χ2v) is 11.6. The van der Waals surface area contributed by atoms with Crippen LogP contribution < -0.4 is 10.9 Å². The van der Waals surface area contributed by atoms with Crippen molar-refractivity contribution in [3.05, 3.63) is 88.5 Å². The molecular weight excluding hydrogens is 538 g/mol. The number of H-pyrrole nitrogens is 1. The van der Waals surface area contributed by atoms with Gasteiger partial charge in [-0.2, -0.15) is 4.98 Å². The van der Waals surface area contributed by atoms with Gasteiger partial charge in [-0.25, -0.2) is 4.98 Å². The van der Waals surface area contributed by atoms with Crippen molar-refractivity contribution in [2.24, 2.45) is 5.92 Å². The van der Waals surface area contributed by atoms with E-state index in [1.54, 1.807) is 18.4 Å². The van der Waals surface area contributed by atoms with Gasteiger partial charge in [0.15, 0.2) is 23.0 Å². The molecule has 2 N–H and O–H groups in total. The number of rotatable bonds is 10. The van der Waals surface area contributed by atoms with Crippen molar-refractivity contribution in [3.8, 4) is 0 Å². The lowest BCUT2D eigenvalue weighted by atomic mass is 9.91. The molecule has 2 bridgehead atoms. The summed E-state index contributed by atoms with van der Waals surface area (Å²) in [4.78, 5) is 36.7. The number of carbonyl (C=O) groups is 1. The maximum atomic E-state index is 12.9. The summed E-state index contributed by atoms with van der Waals surface area (Å²) in [6, 6.07) is 20.0. The number of fused-ring (bicyclic) bond motifs is 4. The maximum Gasteiger partial charge on any atom is 0.280 e. The zero-order chi connectivity index (χ0) is 28.9. The highest BCUT2D eigenvalue weighted by Gasteiger charge is 2.79. The normalized spacial score (nSPS) is 25.5. The van der Waals surface area contributed by atoms with Gasteiger partial charge in [-0.05, 0) is 24.0 Å². The molecule has 4 aromatic rings. The first-order valence-electron chi connectivity index (χ1n) is 14.3. The Morgan fingerprint density at radius 1 is 1.07 bits per heavy atom. The number of hydrogen-bond donors (Lipinski definition) is 2. The van der Waals surface area contributed by atoms with E-state index in [-0.39, 0.29) is 35.5 Å². The van der Waals surface area contributed by atoms with E-state index >= 15 is 0 Å². The number of anilines is 1. The molecule has 4 heterocycles. The van der Waals surface area contributed by atoms with Gasteiger partial charge in [-0.15, -0.1) is 0 Å². The summed E-state index contributed by atoms with van der Waals surface area (Å²) in [6.45, 7) is 4.60. The van der Waals surface area contributed by atoms with Crippen molar-refractivity contribution in [3.63, 3.8) is 0 Å². The van der Waals surface area contributed by atoms with Crippen LogP contribution in [0.2, 0.25) is 0 Å². The zero-order valence-corrected chi connectivity index (χ0v) is 23.5. The van der Waals surface area contributed by atoms with Crippen LogP contribution in [-0.4, -0.2) is 55.4 Å². The number of imidazole rings is 1. The minimum absolute atomic E-state index is 0.0495. The molecule has 3 unspecified atom stereocenters. The molecule has 11 heteroatoms. The maximum absolute atomic E-state index is 12.9. The lowest BCUT2D eigenvalue weighted by Crippen LogP contribution is -2.53. The van der Waals surface area contributed by atoms with Gasteiger partial charge in [-0.3, -0.25) is 24.5 Å². The molecule has 2 aliphatic heterocycles. The number of hydrogen-bond acceptors (Lipinski definition) is 8. The first-order valence-corrected chi connectivity index (χ1v) is 14.3. The molecule has 1 amide bonds. The summed E-state index contributed by atoms with van der Waals surface area (Å²) in [6.07, 6.45) is 1.59. The van der Waals surface area contributed by atoms with Crippen molar-refractivity contribution in [1.82, 2.24) is 19.5 Å². The van der Waals surface area contributed by atoms with Crippen LogP contribution in [0.1, 0.15) is 44.0 Å². The second kappa shape index (κ2) is 10.4. The molecule has 218 valence electrons. The van der Waals surface area contributed by atoms with E-state index in [1.165, 1.54) is 6.33 Å². The second-order valence-electron chi connectivity index (χ2n) is 11.6. The fourth-order valence-corrected chi connectivity index (χ4v) is 6.05. The van der Waals surface area contributed by atoms with Gasteiger partial charge in [0.1, 0.15) is 17.8 Å². The summed E-state index contributed by atoms with van der Waals surface area (Å²) in [5.41, 5.74) is 0.677. The van der Waals surface area contributed by atoms with Crippen molar-refractivity contribution in [1.29, 1.82) is 0 Å². The van der Waals surface area contributed by atoms with Gasteiger partial charge in [0.2, 0.25) is 11.9 Å². The number of nitrogens with zero attached hydrogens (tertiary/aromatic N) is 3. The van der Waals surface area contributed by atoms with Gasteiger partial charge < -0.3 is 18.9 Å². The molecule has 3 aliphatic rings. The zero-order valence-electron chi connectivity index (χ0n) is 23.5. The highest BCUT2D eigenvalue weighted by atomic mass is 16.7. The van der Waals surface area contributed by atoms with Gasteiger partial charge >= 0.3 is 0 Å². The fraction of sp³-hybridized carbons (Fsp3) is 0.419. The molecule has 2 saturated heterocycles. The first kappa shape index (κ1) is 27.0. The number of benzene rings is 2. The number of aromatic amines is 1. The van der Waals surface area contributed by atoms with Crippen molar-refractivity contribution in [2.45, 2.75) is 69.5 Å². The molecule has 11 nitrogen and oxygen atoms in total. The van der Waals surface area contributed by atoms with Crippen LogP contribution >= 0.6 is 0 Å². The highest BCUT2D eigenvalue weighted by Crippen LogP contribution is 2.65. The van der Waals surface area contributed by atoms with Gasteiger partial charge in [0.25, 0.3) is 5.56 Å². The third-order valence-electron chi connectivity index (χ3n) is 8.38. The van der Waals surface area contributed by atoms with Crippen LogP contribution in [0.3, 0.4) is 0 Å². The van der Waals surface area contributed by atoms with Gasteiger partial charge in [-0.1, -0.05) is 74.5 Å². The number of nitrogens with one attached hydrogen (secondary N) is 2. The summed E-state index contributed by atoms with van der Waals surface area (Å²) >= 11 is 0. The van der Waals surface area contributed by atoms with Crippen molar-refractivity contribution >= 4 is 23.0 Å². The van der Waals surface area contributed by atoms with E-state index in [9.17, 15) is 9.59 Å². The Balaban J connectivity index is 1.23. The Kier molecular flexibility index (Phi) is 6.69. The number of amides is 1. The molecule has 1 spiro atoms. The van der Waals surface area contributed by atoms with E-state index in [2.05, 4.69) is 20.3 Å². The molecule has 1 aliphatic carbocycles. The summed E-state index contributed by atoms with van der Waals surface area (Å²) in [7, 11) is 0. The standard InChI is InChI=1S/C31H33N5O6/c1-19(2)26(37)34-29-33-25-22(27(38)35-29)32-18-36(25)28-23-24(40-16-21-11-7-4-8-12-21)31(42-28,30(41-23)13-14-30)17-39-15-20-9-5-3-6-10-20/h3-12,18-19,23-24,28H,13-17H2,1-2H3,(H2,33,34,35,37,38)/t23?,24-,28?,31?/m1/s1. The largest absolute Gasteiger partial charge is 0.374 e. The predicted octanol–water partition coefficient (Wildman–Crippen LogP) is 3.72. The molecule has 2 aromatic heterocycles. The fourth-order valence-electron chi connectivity index (χ4n) is 6.05. The summed E-state index contributed by atoms with van der Waals surface area (Å²) in [5, 5.41) is 2.67. The summed E-state index contributed by atoms with van der Waals surface area (Å²) in [5.74, 6) is -0.498. The lowest BCUT2D eigenvalue weighted by molar-refractivity contribution is -0.241. The average molecular weight is 572 g/mol. The number of aromatic nitrogens is 4. The number of carbonyl (C=O) groups excluding carboxylic acids is 1. The molecule has 1 saturated carbocycles. The Hall–Kier alpha value is -3.90. The third kappa shape index (κ3) is 4.53. The Labute approximate surface area is 242 Å². The van der Waals surface area contributed by atoms with Gasteiger partial charge in [0, 0.05) is 5.92 Å². The molecule has 7 rings (SSSR count). The Morgan fingerprint density at radius 2 is 1.76 bits per heavy atom. The van der Waals surface area contributed by atoms with Crippen molar-refractivity contribution in [2.75, 3.05) is 11.9 Å². The van der Waals surface area contributed by atoms with Crippen LogP contribution in [0.5, 0.6) is 0 Å². The minimum atomic E-state index is -0.877. The minimum Gasteiger partial charge on any atom is -0.374 e. The van der Waals surface area contributed by atoms with Crippen LogP contribution in [0, 0.1) is 5.92 Å². The predicted molar refractivity (Wildman–Crippen MR) is 152 cm³/mol. The van der Waals surface area contributed by atoms with Crippen molar-refractivity contribution < 1.29 is 23.7 Å².